The molecule has 0 aromatic heterocycles. The van der Waals surface area contributed by atoms with E-state index in [0.717, 1.165) is 55.4 Å². The predicted molar refractivity (Wildman–Crippen MR) is 154 cm³/mol. The van der Waals surface area contributed by atoms with Crippen LogP contribution in [-0.2, 0) is 19.5 Å². The molecule has 40 heavy (non-hydrogen) atoms. The van der Waals surface area contributed by atoms with Gasteiger partial charge in [-0.05, 0) is 85.4 Å². The van der Waals surface area contributed by atoms with Crippen molar-refractivity contribution in [2.45, 2.75) is 58.3 Å². The van der Waals surface area contributed by atoms with Crippen molar-refractivity contribution in [3.05, 3.63) is 101 Å². The number of carbonyl (C=O) groups is 1. The minimum Gasteiger partial charge on any atom is -0.497 e. The fourth-order valence-corrected chi connectivity index (χ4v) is 4.78. The van der Waals surface area contributed by atoms with E-state index in [-0.39, 0.29) is 18.9 Å². The van der Waals surface area contributed by atoms with Crippen molar-refractivity contribution in [3.63, 3.8) is 0 Å². The zero-order valence-electron chi connectivity index (χ0n) is 23.6. The number of amides is 1. The summed E-state index contributed by atoms with van der Waals surface area (Å²) in [4.78, 5) is 15.7. The van der Waals surface area contributed by atoms with E-state index in [4.69, 9.17) is 4.74 Å². The van der Waals surface area contributed by atoms with Gasteiger partial charge in [-0.25, -0.2) is 8.78 Å². The van der Waals surface area contributed by atoms with Crippen LogP contribution in [0.15, 0.2) is 66.7 Å². The van der Waals surface area contributed by atoms with Crippen molar-refractivity contribution >= 4 is 5.91 Å². The molecule has 0 aliphatic rings. The number of hydrogen-bond donors (Lipinski definition) is 3. The van der Waals surface area contributed by atoms with Crippen molar-refractivity contribution in [3.8, 4) is 5.75 Å². The minimum atomic E-state index is -1.02. The molecule has 0 radical (unpaired) electrons. The second kappa shape index (κ2) is 16.1. The van der Waals surface area contributed by atoms with Crippen molar-refractivity contribution in [1.29, 1.82) is 0 Å². The largest absolute Gasteiger partial charge is 0.497 e. The van der Waals surface area contributed by atoms with E-state index in [1.807, 2.05) is 42.5 Å². The molecule has 2 atom stereocenters. The van der Waals surface area contributed by atoms with Gasteiger partial charge in [0.15, 0.2) is 0 Å². The predicted octanol–water partition coefficient (Wildman–Crippen LogP) is 5.09. The molecule has 0 aliphatic heterocycles. The molecule has 1 amide bonds. The molecule has 0 spiro atoms. The van der Waals surface area contributed by atoms with Gasteiger partial charge in [0.05, 0.1) is 19.3 Å². The Kier molecular flexibility index (Phi) is 12.5. The number of aliphatic hydroxyl groups excluding tert-OH is 1. The normalized spacial score (nSPS) is 12.8. The van der Waals surface area contributed by atoms with Crippen LogP contribution in [0.5, 0.6) is 5.75 Å². The number of benzene rings is 3. The molecule has 0 aliphatic carbocycles. The highest BCUT2D eigenvalue weighted by Crippen LogP contribution is 2.15. The first-order valence-corrected chi connectivity index (χ1v) is 13.9. The zero-order chi connectivity index (χ0) is 28.9. The van der Waals surface area contributed by atoms with E-state index in [1.165, 1.54) is 12.1 Å². The maximum Gasteiger partial charge on any atom is 0.251 e. The number of halogens is 2. The van der Waals surface area contributed by atoms with Crippen LogP contribution in [0.25, 0.3) is 0 Å². The summed E-state index contributed by atoms with van der Waals surface area (Å²) in [7, 11) is 1.60. The molecule has 0 saturated carbocycles. The lowest BCUT2D eigenvalue weighted by Crippen LogP contribution is -2.48. The molecule has 216 valence electrons. The summed E-state index contributed by atoms with van der Waals surface area (Å²) in [5.41, 5.74) is 2.81. The minimum absolute atomic E-state index is 0.0584. The highest BCUT2D eigenvalue weighted by Gasteiger charge is 2.23. The summed E-state index contributed by atoms with van der Waals surface area (Å²) in [5, 5.41) is 17.2. The summed E-state index contributed by atoms with van der Waals surface area (Å²) in [6.45, 7) is 7.62. The lowest BCUT2D eigenvalue weighted by atomic mass is 9.99. The molecule has 3 N–H and O–H groups in total. The van der Waals surface area contributed by atoms with Crippen molar-refractivity contribution in [2.24, 2.45) is 0 Å². The monoisotopic (exact) mass is 553 g/mol. The molecular formula is C32H41F2N3O3. The average molecular weight is 554 g/mol. The van der Waals surface area contributed by atoms with E-state index in [9.17, 15) is 18.7 Å². The van der Waals surface area contributed by atoms with E-state index >= 15 is 0 Å². The van der Waals surface area contributed by atoms with Crippen molar-refractivity contribution in [1.82, 2.24) is 15.5 Å². The summed E-state index contributed by atoms with van der Waals surface area (Å²) < 4.78 is 33.1. The van der Waals surface area contributed by atoms with Gasteiger partial charge in [-0.3, -0.25) is 9.69 Å². The second-order valence-corrected chi connectivity index (χ2v) is 10.1. The fourth-order valence-electron chi connectivity index (χ4n) is 4.78. The number of nitrogens with one attached hydrogen (secondary N) is 2. The van der Waals surface area contributed by atoms with E-state index < -0.39 is 23.8 Å². The third-order valence-corrected chi connectivity index (χ3v) is 6.65. The van der Waals surface area contributed by atoms with Gasteiger partial charge in [0.25, 0.3) is 5.91 Å². The number of nitrogens with zero attached hydrogens (tertiary/aromatic N) is 1. The molecular weight excluding hydrogens is 512 g/mol. The molecule has 0 heterocycles. The van der Waals surface area contributed by atoms with Crippen LogP contribution in [-0.4, -0.2) is 54.8 Å². The van der Waals surface area contributed by atoms with Crippen LogP contribution < -0.4 is 15.4 Å². The third kappa shape index (κ3) is 10.0. The molecule has 3 aromatic carbocycles. The summed E-state index contributed by atoms with van der Waals surface area (Å²) in [6.07, 6.45) is 1.13. The topological polar surface area (TPSA) is 73.8 Å². The first-order valence-electron chi connectivity index (χ1n) is 13.9. The Morgan fingerprint density at radius 3 is 2.27 bits per heavy atom. The summed E-state index contributed by atoms with van der Waals surface area (Å²) in [5.74, 6) is -1.04. The van der Waals surface area contributed by atoms with Crippen LogP contribution in [0.3, 0.4) is 0 Å². The molecule has 0 bridgehead atoms. The number of ether oxygens (including phenoxy) is 1. The number of carbonyl (C=O) groups excluding carboxylic acids is 1. The van der Waals surface area contributed by atoms with Gasteiger partial charge in [-0.1, -0.05) is 38.1 Å². The first-order chi connectivity index (χ1) is 19.3. The Morgan fingerprint density at radius 2 is 1.60 bits per heavy atom. The van der Waals surface area contributed by atoms with Crippen LogP contribution in [0.1, 0.15) is 53.7 Å². The lowest BCUT2D eigenvalue weighted by Gasteiger charge is -2.25. The highest BCUT2D eigenvalue weighted by molar-refractivity contribution is 5.94. The Labute approximate surface area is 236 Å². The van der Waals surface area contributed by atoms with Crippen molar-refractivity contribution < 1.29 is 23.4 Å². The molecule has 3 rings (SSSR count). The quantitative estimate of drug-likeness (QED) is 0.231. The number of aliphatic hydroxyl groups is 1. The van der Waals surface area contributed by atoms with Gasteiger partial charge >= 0.3 is 0 Å². The molecule has 6 nitrogen and oxygen atoms in total. The average Bonchev–Trinajstić information content (AvgIpc) is 2.92. The first kappa shape index (κ1) is 31.2. The Hall–Kier alpha value is -3.33. The standard InChI is InChI=1S/C32H41F2N3O3/c1-4-12-37(13-5-2)22-24-9-6-10-26(14-24)32(39)36-30(18-25-15-27(33)19-28(34)16-25)31(38)21-35-20-23-8-7-11-29(17-23)40-3/h6-11,14-17,19,30-31,35,38H,4-5,12-13,18,20-22H2,1-3H3,(H,36,39)/t30-,31-/m0/s1. The molecule has 3 aromatic rings. The van der Waals surface area contributed by atoms with E-state index in [0.29, 0.717) is 17.7 Å². The maximum atomic E-state index is 13.9. The number of hydrogen-bond acceptors (Lipinski definition) is 5. The van der Waals surface area contributed by atoms with Crippen molar-refractivity contribution in [2.75, 3.05) is 26.7 Å². The van der Waals surface area contributed by atoms with Crippen LogP contribution in [0, 0.1) is 11.6 Å². The van der Waals surface area contributed by atoms with Gasteiger partial charge in [0, 0.05) is 31.3 Å². The Bertz CT molecular complexity index is 1200. The molecule has 0 unspecified atom stereocenters. The lowest BCUT2D eigenvalue weighted by molar-refractivity contribution is 0.0829. The van der Waals surface area contributed by atoms with Gasteiger partial charge in [-0.15, -0.1) is 0 Å². The third-order valence-electron chi connectivity index (χ3n) is 6.65. The highest BCUT2D eigenvalue weighted by atomic mass is 19.1. The number of methoxy groups -OCH3 is 1. The number of rotatable bonds is 16. The Morgan fingerprint density at radius 1 is 0.925 bits per heavy atom. The van der Waals surface area contributed by atoms with Crippen LogP contribution in [0.2, 0.25) is 0 Å². The van der Waals surface area contributed by atoms with E-state index in [1.54, 1.807) is 13.2 Å². The summed E-state index contributed by atoms with van der Waals surface area (Å²) >= 11 is 0. The van der Waals surface area contributed by atoms with Gasteiger partial charge in [0.1, 0.15) is 17.4 Å². The van der Waals surface area contributed by atoms with Gasteiger partial charge in [0.2, 0.25) is 0 Å². The van der Waals surface area contributed by atoms with Crippen LogP contribution in [0.4, 0.5) is 8.78 Å². The zero-order valence-corrected chi connectivity index (χ0v) is 23.6. The molecule has 0 saturated heterocycles. The maximum absolute atomic E-state index is 13.9. The summed E-state index contributed by atoms with van der Waals surface area (Å²) in [6, 6.07) is 17.5. The van der Waals surface area contributed by atoms with Gasteiger partial charge in [-0.2, -0.15) is 0 Å². The second-order valence-electron chi connectivity index (χ2n) is 10.1. The smallest absolute Gasteiger partial charge is 0.251 e. The van der Waals surface area contributed by atoms with Crippen LogP contribution >= 0.6 is 0 Å². The molecule has 8 heteroatoms. The Balaban J connectivity index is 1.72. The SMILES string of the molecule is CCCN(CCC)Cc1cccc(C(=O)N[C@@H](Cc2cc(F)cc(F)c2)[C@@H](O)CNCc2cccc(OC)c2)c1. The fraction of sp³-hybridized carbons (Fsp3) is 0.406. The molecule has 0 fully saturated rings. The van der Waals surface area contributed by atoms with E-state index in [2.05, 4.69) is 29.4 Å². The van der Waals surface area contributed by atoms with Gasteiger partial charge < -0.3 is 20.5 Å².